The van der Waals surface area contributed by atoms with E-state index in [2.05, 4.69) is 25.1 Å². The summed E-state index contributed by atoms with van der Waals surface area (Å²) in [5.74, 6) is 1.31. The van der Waals surface area contributed by atoms with E-state index in [1.54, 1.807) is 19.4 Å². The standard InChI is InChI=1S/C16H25N5O3/c1-23-15-4-5-17-16(19-15)21-8-6-20(7-9-21)12-14(22)18-11-13-3-2-10-24-13/h4-5,13H,2-3,6-12H2,1H3,(H,18,22)/t13-/m1/s1. The number of ether oxygens (including phenoxy) is 2. The van der Waals surface area contributed by atoms with Crippen molar-refractivity contribution >= 4 is 11.9 Å². The van der Waals surface area contributed by atoms with Crippen LogP contribution in [0, 0.1) is 0 Å². The van der Waals surface area contributed by atoms with Crippen LogP contribution in [0.2, 0.25) is 0 Å². The van der Waals surface area contributed by atoms with Crippen LogP contribution in [-0.2, 0) is 9.53 Å². The topological polar surface area (TPSA) is 79.8 Å². The summed E-state index contributed by atoms with van der Waals surface area (Å²) in [6, 6.07) is 1.73. The second-order valence-corrected chi connectivity index (χ2v) is 6.10. The highest BCUT2D eigenvalue weighted by Crippen LogP contribution is 2.14. The fourth-order valence-electron chi connectivity index (χ4n) is 3.00. The molecule has 0 saturated carbocycles. The molecule has 3 rings (SSSR count). The van der Waals surface area contributed by atoms with Crippen LogP contribution in [0.25, 0.3) is 0 Å². The Labute approximate surface area is 142 Å². The van der Waals surface area contributed by atoms with Crippen molar-refractivity contribution in [3.8, 4) is 5.88 Å². The van der Waals surface area contributed by atoms with Crippen LogP contribution >= 0.6 is 0 Å². The lowest BCUT2D eigenvalue weighted by Crippen LogP contribution is -2.50. The van der Waals surface area contributed by atoms with Gasteiger partial charge in [0.05, 0.1) is 19.8 Å². The number of rotatable bonds is 6. The molecule has 8 heteroatoms. The summed E-state index contributed by atoms with van der Waals surface area (Å²) >= 11 is 0. The summed E-state index contributed by atoms with van der Waals surface area (Å²) < 4.78 is 10.7. The molecular formula is C16H25N5O3. The molecule has 1 aromatic heterocycles. The number of carbonyl (C=O) groups is 1. The molecule has 0 radical (unpaired) electrons. The van der Waals surface area contributed by atoms with Gasteiger partial charge in [0.2, 0.25) is 17.7 Å². The quantitative estimate of drug-likeness (QED) is 0.778. The maximum atomic E-state index is 12.0. The zero-order valence-electron chi connectivity index (χ0n) is 14.1. The second kappa shape index (κ2) is 8.25. The van der Waals surface area contributed by atoms with Crippen molar-refractivity contribution in [2.45, 2.75) is 18.9 Å². The van der Waals surface area contributed by atoms with Crippen molar-refractivity contribution < 1.29 is 14.3 Å². The van der Waals surface area contributed by atoms with Crippen molar-refractivity contribution in [2.24, 2.45) is 0 Å². The number of amides is 1. The Balaban J connectivity index is 1.40. The maximum absolute atomic E-state index is 12.0. The fourth-order valence-corrected chi connectivity index (χ4v) is 3.00. The number of aromatic nitrogens is 2. The van der Waals surface area contributed by atoms with Gasteiger partial charge in [0.25, 0.3) is 0 Å². The SMILES string of the molecule is COc1ccnc(N2CCN(CC(=O)NC[C@H]3CCCO3)CC2)n1. The summed E-state index contributed by atoms with van der Waals surface area (Å²) in [6.45, 7) is 5.09. The Morgan fingerprint density at radius 2 is 2.25 bits per heavy atom. The van der Waals surface area contributed by atoms with Crippen molar-refractivity contribution in [1.29, 1.82) is 0 Å². The van der Waals surface area contributed by atoms with E-state index >= 15 is 0 Å². The second-order valence-electron chi connectivity index (χ2n) is 6.10. The van der Waals surface area contributed by atoms with Gasteiger partial charge in [-0.05, 0) is 12.8 Å². The predicted molar refractivity (Wildman–Crippen MR) is 89.2 cm³/mol. The first-order valence-electron chi connectivity index (χ1n) is 8.47. The lowest BCUT2D eigenvalue weighted by Gasteiger charge is -2.34. The van der Waals surface area contributed by atoms with Gasteiger partial charge in [-0.25, -0.2) is 4.98 Å². The minimum Gasteiger partial charge on any atom is -0.481 e. The van der Waals surface area contributed by atoms with Gasteiger partial charge in [-0.1, -0.05) is 0 Å². The molecule has 2 fully saturated rings. The maximum Gasteiger partial charge on any atom is 0.234 e. The highest BCUT2D eigenvalue weighted by atomic mass is 16.5. The van der Waals surface area contributed by atoms with Crippen molar-refractivity contribution in [3.63, 3.8) is 0 Å². The Hall–Kier alpha value is -1.93. The monoisotopic (exact) mass is 335 g/mol. The third kappa shape index (κ3) is 4.55. The molecule has 8 nitrogen and oxygen atoms in total. The number of piperazine rings is 1. The minimum atomic E-state index is 0.0663. The van der Waals surface area contributed by atoms with Crippen LogP contribution in [0.1, 0.15) is 12.8 Å². The van der Waals surface area contributed by atoms with Gasteiger partial charge in [0, 0.05) is 51.6 Å². The molecule has 2 saturated heterocycles. The Bertz CT molecular complexity index is 542. The number of hydrogen-bond donors (Lipinski definition) is 1. The molecule has 0 spiro atoms. The van der Waals surface area contributed by atoms with Crippen LogP contribution in [0.5, 0.6) is 5.88 Å². The number of hydrogen-bond acceptors (Lipinski definition) is 7. The van der Waals surface area contributed by atoms with Crippen LogP contribution in [0.15, 0.2) is 12.3 Å². The number of methoxy groups -OCH3 is 1. The molecule has 0 aromatic carbocycles. The van der Waals surface area contributed by atoms with E-state index < -0.39 is 0 Å². The summed E-state index contributed by atoms with van der Waals surface area (Å²) in [4.78, 5) is 25.0. The lowest BCUT2D eigenvalue weighted by atomic mass is 10.2. The smallest absolute Gasteiger partial charge is 0.234 e. The molecule has 3 heterocycles. The van der Waals surface area contributed by atoms with Gasteiger partial charge in [0.15, 0.2) is 0 Å². The Morgan fingerprint density at radius 1 is 1.42 bits per heavy atom. The predicted octanol–water partition coefficient (Wildman–Crippen LogP) is -0.0976. The molecule has 24 heavy (non-hydrogen) atoms. The molecule has 2 aliphatic rings. The molecule has 0 unspecified atom stereocenters. The van der Waals surface area contributed by atoms with Crippen LogP contribution in [0.4, 0.5) is 5.95 Å². The van der Waals surface area contributed by atoms with Gasteiger partial charge in [-0.2, -0.15) is 4.98 Å². The molecule has 0 bridgehead atoms. The van der Waals surface area contributed by atoms with Gasteiger partial charge in [0.1, 0.15) is 0 Å². The van der Waals surface area contributed by atoms with Gasteiger partial charge >= 0.3 is 0 Å². The molecule has 0 aliphatic carbocycles. The largest absolute Gasteiger partial charge is 0.481 e. The molecule has 1 aromatic rings. The lowest BCUT2D eigenvalue weighted by molar-refractivity contribution is -0.122. The van der Waals surface area contributed by atoms with E-state index in [1.165, 1.54) is 0 Å². The van der Waals surface area contributed by atoms with Crippen molar-refractivity contribution in [1.82, 2.24) is 20.2 Å². The number of nitrogens with zero attached hydrogens (tertiary/aromatic N) is 4. The highest BCUT2D eigenvalue weighted by Gasteiger charge is 2.22. The fraction of sp³-hybridized carbons (Fsp3) is 0.688. The highest BCUT2D eigenvalue weighted by molar-refractivity contribution is 5.78. The van der Waals surface area contributed by atoms with Crippen LogP contribution in [0.3, 0.4) is 0 Å². The first kappa shape index (κ1) is 16.9. The first-order chi connectivity index (χ1) is 11.7. The number of anilines is 1. The number of nitrogens with one attached hydrogen (secondary N) is 1. The molecular weight excluding hydrogens is 310 g/mol. The van der Waals surface area contributed by atoms with E-state index in [0.29, 0.717) is 24.9 Å². The average molecular weight is 335 g/mol. The number of carbonyl (C=O) groups excluding carboxylic acids is 1. The summed E-state index contributed by atoms with van der Waals surface area (Å²) in [5, 5.41) is 2.97. The Kier molecular flexibility index (Phi) is 5.81. The molecule has 1 N–H and O–H groups in total. The third-order valence-electron chi connectivity index (χ3n) is 4.40. The summed E-state index contributed by atoms with van der Waals surface area (Å²) in [7, 11) is 1.60. The molecule has 1 atom stereocenters. The van der Waals surface area contributed by atoms with E-state index in [1.807, 2.05) is 0 Å². The van der Waals surface area contributed by atoms with Gasteiger partial charge in [-0.15, -0.1) is 0 Å². The van der Waals surface area contributed by atoms with E-state index in [-0.39, 0.29) is 12.0 Å². The zero-order chi connectivity index (χ0) is 16.8. The normalized spacial score (nSPS) is 21.7. The van der Waals surface area contributed by atoms with E-state index in [0.717, 1.165) is 45.6 Å². The molecule has 1 amide bonds. The van der Waals surface area contributed by atoms with E-state index in [4.69, 9.17) is 9.47 Å². The molecule has 2 aliphatic heterocycles. The van der Waals surface area contributed by atoms with E-state index in [9.17, 15) is 4.79 Å². The first-order valence-corrected chi connectivity index (χ1v) is 8.47. The average Bonchev–Trinajstić information content (AvgIpc) is 3.14. The third-order valence-corrected chi connectivity index (χ3v) is 4.40. The molecule has 132 valence electrons. The van der Waals surface area contributed by atoms with Crippen LogP contribution in [-0.4, -0.2) is 79.9 Å². The van der Waals surface area contributed by atoms with Gasteiger partial charge < -0.3 is 19.7 Å². The zero-order valence-corrected chi connectivity index (χ0v) is 14.1. The van der Waals surface area contributed by atoms with Crippen molar-refractivity contribution in [2.75, 3.05) is 57.9 Å². The van der Waals surface area contributed by atoms with Crippen molar-refractivity contribution in [3.05, 3.63) is 12.3 Å². The van der Waals surface area contributed by atoms with Crippen LogP contribution < -0.4 is 15.0 Å². The summed E-state index contributed by atoms with van der Waals surface area (Å²) in [5.41, 5.74) is 0. The minimum absolute atomic E-state index is 0.0663. The summed E-state index contributed by atoms with van der Waals surface area (Å²) in [6.07, 6.45) is 4.02. The van der Waals surface area contributed by atoms with Gasteiger partial charge in [-0.3, -0.25) is 9.69 Å². The Morgan fingerprint density at radius 3 is 2.96 bits per heavy atom.